The van der Waals surface area contributed by atoms with Crippen molar-refractivity contribution in [2.75, 3.05) is 13.1 Å². The molecular formula is C33H49N7O6. The summed E-state index contributed by atoms with van der Waals surface area (Å²) in [7, 11) is 0. The van der Waals surface area contributed by atoms with Gasteiger partial charge in [-0.15, -0.1) is 0 Å². The first-order chi connectivity index (χ1) is 21.8. The molecule has 0 spiro atoms. The van der Waals surface area contributed by atoms with Crippen LogP contribution in [0.4, 0.5) is 0 Å². The predicted octanol–water partition coefficient (Wildman–Crippen LogP) is 1.62. The summed E-state index contributed by atoms with van der Waals surface area (Å²) in [5.41, 5.74) is -0.666. The number of carbonyl (C=O) groups is 6. The zero-order valence-electron chi connectivity index (χ0n) is 27.9. The number of carbonyl (C=O) groups excluding carboxylic acids is 6. The first-order valence-electron chi connectivity index (χ1n) is 16.6. The van der Waals surface area contributed by atoms with E-state index in [0.717, 1.165) is 12.8 Å². The van der Waals surface area contributed by atoms with Crippen LogP contribution >= 0.6 is 0 Å². The lowest BCUT2D eigenvalue weighted by Gasteiger charge is -2.39. The first-order valence-corrected chi connectivity index (χ1v) is 16.6. The van der Waals surface area contributed by atoms with E-state index in [1.54, 1.807) is 4.90 Å². The molecule has 1 aromatic rings. The van der Waals surface area contributed by atoms with Gasteiger partial charge in [0.1, 0.15) is 29.9 Å². The molecule has 13 heteroatoms. The summed E-state index contributed by atoms with van der Waals surface area (Å²) in [5, 5.41) is 8.38. The zero-order chi connectivity index (χ0) is 33.8. The molecule has 6 atom stereocenters. The van der Waals surface area contributed by atoms with E-state index in [2.05, 4.69) is 25.9 Å². The van der Waals surface area contributed by atoms with E-state index in [9.17, 15) is 28.8 Å². The smallest absolute Gasteiger partial charge is 0.289 e. The fraction of sp³-hybridized carbons (Fsp3) is 0.697. The Morgan fingerprint density at radius 3 is 2.28 bits per heavy atom. The second-order valence-electron chi connectivity index (χ2n) is 14.0. The number of likely N-dealkylation sites (tertiary alicyclic amines) is 2. The molecule has 13 nitrogen and oxygen atoms in total. The second-order valence-corrected chi connectivity index (χ2v) is 14.0. The predicted molar refractivity (Wildman–Crippen MR) is 169 cm³/mol. The maximum absolute atomic E-state index is 14.4. The van der Waals surface area contributed by atoms with Gasteiger partial charge in [-0.05, 0) is 49.4 Å². The van der Waals surface area contributed by atoms with Crippen LogP contribution in [0.15, 0.2) is 18.6 Å². The topological polar surface area (TPSA) is 171 Å². The lowest BCUT2D eigenvalue weighted by molar-refractivity contribution is -0.153. The summed E-state index contributed by atoms with van der Waals surface area (Å²) in [4.78, 5) is 92.2. The molecule has 1 aliphatic carbocycles. The molecule has 3 N–H and O–H groups in total. The summed E-state index contributed by atoms with van der Waals surface area (Å²) >= 11 is 0. The molecule has 2 bridgehead atoms. The van der Waals surface area contributed by atoms with Crippen molar-refractivity contribution in [1.29, 1.82) is 0 Å². The number of aromatic nitrogens is 2. The Balaban J connectivity index is 1.55. The Morgan fingerprint density at radius 1 is 1.00 bits per heavy atom. The minimum Gasteiger partial charge on any atom is -0.347 e. The molecule has 0 aromatic carbocycles. The number of nitrogens with one attached hydrogen (secondary N) is 3. The van der Waals surface area contributed by atoms with Crippen LogP contribution in [0, 0.1) is 17.3 Å². The summed E-state index contributed by atoms with van der Waals surface area (Å²) in [6.07, 6.45) is 8.31. The highest BCUT2D eigenvalue weighted by molar-refractivity contribution is 6.38. The monoisotopic (exact) mass is 639 g/mol. The average molecular weight is 640 g/mol. The van der Waals surface area contributed by atoms with Gasteiger partial charge in [0.05, 0.1) is 6.20 Å². The molecular weight excluding hydrogens is 590 g/mol. The maximum Gasteiger partial charge on any atom is 0.289 e. The SMILES string of the molecule is CCC[C@H](NC(=O)c1cnccn1)C(=O)N[C@H](C(=O)N1C[C@@H]2CCN([C@@H](CCC)C(=O)C(=O)NC3CC3)C(=O)[C@@H]1[C@H]2C)C(C)(C)C. The molecule has 3 fully saturated rings. The van der Waals surface area contributed by atoms with Crippen LogP contribution in [0.2, 0.25) is 0 Å². The minimum atomic E-state index is -1.00. The van der Waals surface area contributed by atoms with E-state index >= 15 is 0 Å². The van der Waals surface area contributed by atoms with Crippen molar-refractivity contribution < 1.29 is 28.8 Å². The molecule has 3 aliphatic rings. The standard InChI is InChI=1S/C33H49N7O6/c1-7-9-22(37-29(43)23-17-34-14-15-35-23)28(42)38-27(33(4,5)6)32(46)40-18-20-13-16-39(31(45)25(40)19(20)3)24(10-8-2)26(41)30(44)36-21-11-12-21/h14-15,17,19-22,24-25,27H,7-13,16,18H2,1-6H3,(H,36,44)(H,37,43)(H,38,42)/t19-,20-,22-,24-,25-,27+/m0/s1. The van der Waals surface area contributed by atoms with E-state index in [4.69, 9.17) is 0 Å². The van der Waals surface area contributed by atoms with Gasteiger partial charge in [-0.3, -0.25) is 33.8 Å². The first kappa shape index (κ1) is 35.0. The molecule has 4 rings (SSSR count). The number of ketones is 1. The van der Waals surface area contributed by atoms with Gasteiger partial charge in [0.25, 0.3) is 11.8 Å². The molecule has 252 valence electrons. The molecule has 0 radical (unpaired) electrons. The third-order valence-electron chi connectivity index (χ3n) is 9.34. The molecule has 3 heterocycles. The molecule has 5 amide bonds. The van der Waals surface area contributed by atoms with E-state index in [-0.39, 0.29) is 29.5 Å². The maximum atomic E-state index is 14.4. The lowest BCUT2D eigenvalue weighted by Crippen LogP contribution is -2.62. The Kier molecular flexibility index (Phi) is 11.2. The molecule has 0 unspecified atom stereocenters. The van der Waals surface area contributed by atoms with Crippen molar-refractivity contribution in [2.45, 2.75) is 117 Å². The van der Waals surface area contributed by atoms with Crippen molar-refractivity contribution in [3.63, 3.8) is 0 Å². The number of hydrogen-bond acceptors (Lipinski definition) is 8. The Morgan fingerprint density at radius 2 is 1.70 bits per heavy atom. The average Bonchev–Trinajstić information content (AvgIpc) is 3.78. The Hall–Kier alpha value is -3.90. The normalized spacial score (nSPS) is 23.2. The van der Waals surface area contributed by atoms with Crippen LogP contribution in [0.3, 0.4) is 0 Å². The number of Topliss-reactive ketones (excluding diaryl/α,β-unsaturated/α-hetero) is 1. The summed E-state index contributed by atoms with van der Waals surface area (Å²) in [6, 6.07) is -3.63. The van der Waals surface area contributed by atoms with Gasteiger partial charge in [0.2, 0.25) is 23.5 Å². The summed E-state index contributed by atoms with van der Waals surface area (Å²) in [5.74, 6) is -3.23. The third-order valence-corrected chi connectivity index (χ3v) is 9.34. The largest absolute Gasteiger partial charge is 0.347 e. The summed E-state index contributed by atoms with van der Waals surface area (Å²) in [6.45, 7) is 11.9. The van der Waals surface area contributed by atoms with E-state index < -0.39 is 59.0 Å². The van der Waals surface area contributed by atoms with Crippen molar-refractivity contribution in [3.8, 4) is 0 Å². The van der Waals surface area contributed by atoms with E-state index in [1.165, 1.54) is 23.5 Å². The van der Waals surface area contributed by atoms with Gasteiger partial charge in [-0.1, -0.05) is 54.4 Å². The van der Waals surface area contributed by atoms with Gasteiger partial charge in [-0.2, -0.15) is 0 Å². The van der Waals surface area contributed by atoms with Crippen LogP contribution in [0.5, 0.6) is 0 Å². The lowest BCUT2D eigenvalue weighted by atomic mass is 9.85. The molecule has 46 heavy (non-hydrogen) atoms. The van der Waals surface area contributed by atoms with Gasteiger partial charge < -0.3 is 25.8 Å². The van der Waals surface area contributed by atoms with Crippen LogP contribution in [0.25, 0.3) is 0 Å². The van der Waals surface area contributed by atoms with Gasteiger partial charge in [0.15, 0.2) is 0 Å². The second kappa shape index (κ2) is 14.7. The van der Waals surface area contributed by atoms with Crippen molar-refractivity contribution in [1.82, 2.24) is 35.7 Å². The number of amides is 5. The van der Waals surface area contributed by atoms with Crippen molar-refractivity contribution in [2.24, 2.45) is 17.3 Å². The highest BCUT2D eigenvalue weighted by Crippen LogP contribution is 2.38. The molecule has 2 aliphatic heterocycles. The van der Waals surface area contributed by atoms with Crippen molar-refractivity contribution in [3.05, 3.63) is 24.3 Å². The summed E-state index contributed by atoms with van der Waals surface area (Å²) < 4.78 is 0. The number of hydrogen-bond donors (Lipinski definition) is 3. The zero-order valence-corrected chi connectivity index (χ0v) is 27.9. The number of fused-ring (bicyclic) bond motifs is 2. The van der Waals surface area contributed by atoms with Crippen LogP contribution in [-0.2, 0) is 24.0 Å². The number of rotatable bonds is 13. The minimum absolute atomic E-state index is 0.0102. The quantitative estimate of drug-likeness (QED) is 0.273. The van der Waals surface area contributed by atoms with Gasteiger partial charge >= 0.3 is 0 Å². The Labute approximate surface area is 271 Å². The Bertz CT molecular complexity index is 1310. The fourth-order valence-corrected chi connectivity index (χ4v) is 6.51. The number of nitrogens with zero attached hydrogens (tertiary/aromatic N) is 4. The highest BCUT2D eigenvalue weighted by Gasteiger charge is 2.53. The van der Waals surface area contributed by atoms with E-state index in [0.29, 0.717) is 45.2 Å². The van der Waals surface area contributed by atoms with E-state index in [1.807, 2.05) is 41.5 Å². The van der Waals surface area contributed by atoms with Crippen LogP contribution in [0.1, 0.15) is 97.0 Å². The van der Waals surface area contributed by atoms with Crippen LogP contribution < -0.4 is 16.0 Å². The van der Waals surface area contributed by atoms with Gasteiger partial charge in [0, 0.05) is 31.5 Å². The third kappa shape index (κ3) is 7.90. The molecule has 2 saturated heterocycles. The van der Waals surface area contributed by atoms with Crippen LogP contribution in [-0.4, -0.2) is 98.4 Å². The molecule has 1 aromatic heterocycles. The molecule has 1 saturated carbocycles. The van der Waals surface area contributed by atoms with Crippen molar-refractivity contribution >= 4 is 35.3 Å². The van der Waals surface area contributed by atoms with Gasteiger partial charge in [-0.25, -0.2) is 4.98 Å². The fourth-order valence-electron chi connectivity index (χ4n) is 6.51. The highest BCUT2D eigenvalue weighted by atomic mass is 16.2.